The molecular weight excluding hydrogens is 453 g/mol. The highest BCUT2D eigenvalue weighted by Crippen LogP contribution is 2.31. The first kappa shape index (κ1) is 19.4. The van der Waals surface area contributed by atoms with Crippen LogP contribution in [0.25, 0.3) is 10.2 Å². The van der Waals surface area contributed by atoms with E-state index in [9.17, 15) is 9.18 Å². The molecule has 1 amide bonds. The van der Waals surface area contributed by atoms with Gasteiger partial charge in [0, 0.05) is 10.0 Å². The molecule has 0 aliphatic carbocycles. The predicted molar refractivity (Wildman–Crippen MR) is 119 cm³/mol. The molecule has 0 radical (unpaired) electrons. The topological polar surface area (TPSA) is 45.6 Å². The number of hydrogen-bond donors (Lipinski definition) is 0. The number of aryl methyl sites for hydroxylation is 1. The molecule has 1 heterocycles. The molecule has 0 atom stereocenters. The van der Waals surface area contributed by atoms with E-state index < -0.39 is 0 Å². The lowest BCUT2D eigenvalue weighted by Gasteiger charge is -2.14. The summed E-state index contributed by atoms with van der Waals surface area (Å²) in [6.07, 6.45) is 1.52. The zero-order valence-corrected chi connectivity index (χ0v) is 17.7. The van der Waals surface area contributed by atoms with E-state index in [4.69, 9.17) is 0 Å². The lowest BCUT2D eigenvalue weighted by atomic mass is 10.2. The van der Waals surface area contributed by atoms with Crippen LogP contribution >= 0.6 is 27.3 Å². The van der Waals surface area contributed by atoms with Gasteiger partial charge in [-0.25, -0.2) is 9.37 Å². The highest BCUT2D eigenvalue weighted by Gasteiger charge is 2.21. The molecule has 4 aromatic rings. The predicted octanol–water partition coefficient (Wildman–Crippen LogP) is 6.19. The fourth-order valence-corrected chi connectivity index (χ4v) is 4.14. The molecule has 0 unspecified atom stereocenters. The van der Waals surface area contributed by atoms with Crippen molar-refractivity contribution in [3.63, 3.8) is 0 Å². The molecule has 0 spiro atoms. The summed E-state index contributed by atoms with van der Waals surface area (Å²) in [4.78, 5) is 17.8. The first-order chi connectivity index (χ1) is 14.0. The lowest BCUT2D eigenvalue weighted by molar-refractivity contribution is 0.0988. The Kier molecular flexibility index (Phi) is 5.51. The number of halogens is 2. The van der Waals surface area contributed by atoms with E-state index >= 15 is 0 Å². The SMILES string of the molecule is Cc1ccc2nc(N(/N=C/c3ccc(F)cc3)C(=O)c3cccc(Br)c3)sc2c1. The van der Waals surface area contributed by atoms with E-state index in [0.717, 1.165) is 20.3 Å². The normalized spacial score (nSPS) is 11.3. The fourth-order valence-electron chi connectivity index (χ4n) is 2.72. The molecule has 0 bridgehead atoms. The number of amides is 1. The molecule has 0 N–H and O–H groups in total. The number of nitrogens with zero attached hydrogens (tertiary/aromatic N) is 3. The number of aromatic nitrogens is 1. The number of anilines is 1. The van der Waals surface area contributed by atoms with Gasteiger partial charge in [0.2, 0.25) is 5.13 Å². The Morgan fingerprint density at radius 2 is 1.93 bits per heavy atom. The highest BCUT2D eigenvalue weighted by molar-refractivity contribution is 9.10. The quantitative estimate of drug-likeness (QED) is 0.265. The van der Waals surface area contributed by atoms with Crippen molar-refractivity contribution in [2.45, 2.75) is 6.92 Å². The van der Waals surface area contributed by atoms with Crippen LogP contribution < -0.4 is 5.01 Å². The molecule has 0 aliphatic heterocycles. The molecule has 29 heavy (non-hydrogen) atoms. The average Bonchev–Trinajstić information content (AvgIpc) is 3.12. The monoisotopic (exact) mass is 467 g/mol. The van der Waals surface area contributed by atoms with Crippen LogP contribution in [-0.4, -0.2) is 17.1 Å². The average molecular weight is 468 g/mol. The van der Waals surface area contributed by atoms with E-state index in [1.54, 1.807) is 30.3 Å². The molecule has 0 saturated heterocycles. The summed E-state index contributed by atoms with van der Waals surface area (Å²) < 4.78 is 14.9. The van der Waals surface area contributed by atoms with Crippen molar-refractivity contribution in [1.82, 2.24) is 4.98 Å². The van der Waals surface area contributed by atoms with Crippen LogP contribution in [0.15, 0.2) is 76.3 Å². The molecule has 0 saturated carbocycles. The van der Waals surface area contributed by atoms with Gasteiger partial charge >= 0.3 is 0 Å². The van der Waals surface area contributed by atoms with Crippen molar-refractivity contribution in [2.75, 3.05) is 5.01 Å². The van der Waals surface area contributed by atoms with E-state index in [1.807, 2.05) is 31.2 Å². The summed E-state index contributed by atoms with van der Waals surface area (Å²) in [7, 11) is 0. The summed E-state index contributed by atoms with van der Waals surface area (Å²) in [5.74, 6) is -0.633. The number of hydrazone groups is 1. The Balaban J connectivity index is 1.76. The molecule has 7 heteroatoms. The third-order valence-corrected chi connectivity index (χ3v) is 5.66. The summed E-state index contributed by atoms with van der Waals surface area (Å²) in [6.45, 7) is 2.01. The summed E-state index contributed by atoms with van der Waals surface area (Å²) in [6, 6.07) is 18.9. The number of fused-ring (bicyclic) bond motifs is 1. The lowest BCUT2D eigenvalue weighted by Crippen LogP contribution is -2.25. The smallest absolute Gasteiger partial charge is 0.267 e. The minimum atomic E-state index is -0.328. The minimum Gasteiger partial charge on any atom is -0.267 e. The van der Waals surface area contributed by atoms with E-state index in [-0.39, 0.29) is 11.7 Å². The maximum atomic E-state index is 13.2. The van der Waals surface area contributed by atoms with Crippen molar-refractivity contribution in [3.05, 3.63) is 93.7 Å². The largest absolute Gasteiger partial charge is 0.280 e. The Morgan fingerprint density at radius 3 is 2.69 bits per heavy atom. The van der Waals surface area contributed by atoms with Crippen molar-refractivity contribution in [2.24, 2.45) is 5.10 Å². The Labute approximate surface area is 179 Å². The minimum absolute atomic E-state index is 0.305. The van der Waals surface area contributed by atoms with Crippen molar-refractivity contribution < 1.29 is 9.18 Å². The van der Waals surface area contributed by atoms with Crippen LogP contribution in [-0.2, 0) is 0 Å². The molecular formula is C22H15BrFN3OS. The second kappa shape index (κ2) is 8.23. The van der Waals surface area contributed by atoms with Gasteiger partial charge in [0.15, 0.2) is 0 Å². The van der Waals surface area contributed by atoms with Crippen LogP contribution in [0.2, 0.25) is 0 Å². The van der Waals surface area contributed by atoms with Gasteiger partial charge < -0.3 is 0 Å². The highest BCUT2D eigenvalue weighted by atomic mass is 79.9. The first-order valence-electron chi connectivity index (χ1n) is 8.76. The summed E-state index contributed by atoms with van der Waals surface area (Å²) in [5, 5.41) is 6.14. The number of hydrogen-bond acceptors (Lipinski definition) is 4. The number of benzene rings is 3. The molecule has 144 valence electrons. The standard InChI is InChI=1S/C22H15BrFN3OS/c1-14-5-10-19-20(11-14)29-22(26-19)27(21(28)16-3-2-4-17(23)12-16)25-13-15-6-8-18(24)9-7-15/h2-13H,1H3/b25-13+. The van der Waals surface area contributed by atoms with Crippen LogP contribution in [0, 0.1) is 12.7 Å². The van der Waals surface area contributed by atoms with Crippen LogP contribution in [0.4, 0.5) is 9.52 Å². The maximum absolute atomic E-state index is 13.2. The Morgan fingerprint density at radius 1 is 1.14 bits per heavy atom. The van der Waals surface area contributed by atoms with Gasteiger partial charge in [0.05, 0.1) is 16.4 Å². The summed E-state index contributed by atoms with van der Waals surface area (Å²) >= 11 is 4.79. The Hall–Kier alpha value is -2.90. The number of rotatable bonds is 4. The van der Waals surface area contributed by atoms with Crippen molar-refractivity contribution >= 4 is 54.7 Å². The van der Waals surface area contributed by atoms with E-state index in [2.05, 4.69) is 26.0 Å². The second-order valence-electron chi connectivity index (χ2n) is 6.39. The van der Waals surface area contributed by atoms with Crippen molar-refractivity contribution in [1.29, 1.82) is 0 Å². The van der Waals surface area contributed by atoms with Crippen LogP contribution in [0.5, 0.6) is 0 Å². The molecule has 0 aliphatic rings. The number of carbonyl (C=O) groups excluding carboxylic acids is 1. The van der Waals surface area contributed by atoms with Gasteiger partial charge in [-0.1, -0.05) is 51.5 Å². The first-order valence-corrected chi connectivity index (χ1v) is 10.4. The fraction of sp³-hybridized carbons (Fsp3) is 0.0455. The molecule has 1 aromatic heterocycles. The summed E-state index contributed by atoms with van der Waals surface area (Å²) in [5.41, 5.74) is 3.08. The molecule has 4 rings (SSSR count). The number of thiazole rings is 1. The van der Waals surface area contributed by atoms with Gasteiger partial charge in [-0.15, -0.1) is 0 Å². The van der Waals surface area contributed by atoms with E-state index in [1.165, 1.54) is 34.7 Å². The van der Waals surface area contributed by atoms with Crippen LogP contribution in [0.3, 0.4) is 0 Å². The third-order valence-electron chi connectivity index (χ3n) is 4.17. The Bertz CT molecular complexity index is 1220. The molecule has 4 nitrogen and oxygen atoms in total. The zero-order chi connectivity index (χ0) is 20.4. The van der Waals surface area contributed by atoms with Crippen LogP contribution in [0.1, 0.15) is 21.5 Å². The van der Waals surface area contributed by atoms with Gasteiger partial charge in [0.25, 0.3) is 5.91 Å². The van der Waals surface area contributed by atoms with Gasteiger partial charge in [-0.3, -0.25) is 4.79 Å². The maximum Gasteiger partial charge on any atom is 0.280 e. The number of carbonyl (C=O) groups is 1. The molecule has 3 aromatic carbocycles. The van der Waals surface area contributed by atoms with Gasteiger partial charge in [0.1, 0.15) is 5.82 Å². The second-order valence-corrected chi connectivity index (χ2v) is 8.32. The van der Waals surface area contributed by atoms with E-state index in [0.29, 0.717) is 16.3 Å². The third kappa shape index (κ3) is 4.41. The molecule has 0 fully saturated rings. The zero-order valence-electron chi connectivity index (χ0n) is 15.3. The van der Waals surface area contributed by atoms with Crippen molar-refractivity contribution in [3.8, 4) is 0 Å². The van der Waals surface area contributed by atoms with Gasteiger partial charge in [-0.05, 0) is 60.5 Å². The van der Waals surface area contributed by atoms with Gasteiger partial charge in [-0.2, -0.15) is 10.1 Å².